The SMILES string of the molecule is CCN(CC)c1ccc2c(-c3ccc(S(=O)(=O)NCCOCCOCCOCCn4cc(CCC(=O)Nc5ncc(Br)c([B-](F)(F)F)c5Br)nn4)cc3S(=O)(=O)O)c3ccc(=[N+](CC)CC)cc-3oc2c1. The topological polar surface area (TPSA) is 220 Å². The molecule has 4 aromatic rings. The third-order valence-corrected chi connectivity index (χ3v) is 15.1. The Morgan fingerprint density at radius 3 is 2.23 bits per heavy atom. The molecule has 71 heavy (non-hydrogen) atoms. The Kier molecular flexibility index (Phi) is 19.4. The number of aryl methyl sites for hydroxylation is 1. The highest BCUT2D eigenvalue weighted by molar-refractivity contribution is 9.11. The number of benzene rings is 3. The van der Waals surface area contributed by atoms with Crippen LogP contribution in [0.5, 0.6) is 0 Å². The number of sulfonamides is 1. The van der Waals surface area contributed by atoms with Gasteiger partial charge in [-0.05, 0) is 74.0 Å². The van der Waals surface area contributed by atoms with E-state index in [-0.39, 0.29) is 84.2 Å². The predicted molar refractivity (Wildman–Crippen MR) is 271 cm³/mol. The van der Waals surface area contributed by atoms with Gasteiger partial charge in [0.2, 0.25) is 21.3 Å². The number of anilines is 2. The summed E-state index contributed by atoms with van der Waals surface area (Å²) in [6, 6.07) is 14.9. The summed E-state index contributed by atoms with van der Waals surface area (Å²) in [7, 11) is -9.23. The summed E-state index contributed by atoms with van der Waals surface area (Å²) in [5.74, 6) is -0.314. The molecule has 0 unspecified atom stereocenters. The van der Waals surface area contributed by atoms with Crippen LogP contribution in [0.1, 0.15) is 39.8 Å². The monoisotopic (exact) mass is 1160 g/mol. The first kappa shape index (κ1) is 55.5. The van der Waals surface area contributed by atoms with E-state index in [4.69, 9.17) is 18.6 Å². The molecular weight excluding hydrogens is 1100 g/mol. The number of fused-ring (bicyclic) bond motifs is 2. The maximum Gasteiger partial charge on any atom is 0.512 e. The number of halogens is 5. The van der Waals surface area contributed by atoms with Crippen molar-refractivity contribution >= 4 is 92.8 Å². The van der Waals surface area contributed by atoms with Gasteiger partial charge in [-0.1, -0.05) is 32.7 Å². The summed E-state index contributed by atoms with van der Waals surface area (Å²) in [4.78, 5) is 17.5. The minimum atomic E-state index is -5.36. The largest absolute Gasteiger partial charge is 0.512 e. The summed E-state index contributed by atoms with van der Waals surface area (Å²) in [6.45, 7) is 7.09. The molecule has 2 aromatic carbocycles. The first-order valence-electron chi connectivity index (χ1n) is 22.7. The Morgan fingerprint density at radius 1 is 0.887 bits per heavy atom. The number of nitrogens with one attached hydrogen (secondary N) is 2. The standard InChI is InChI=1S/C45H54BBr2F3N8O10S2/c1-5-57(6-2)31-10-13-34-38(25-31)69-39-26-32(58(7-3)8-4)11-14-35(39)42(34)36-15-12-33(27-40(36)71(63,64)65)70(61,62)53-17-19-66-21-23-68-24-22-67-20-18-59-29-30(55-56-59)9-16-41(60)54-45-44(48)43(46(49,50)51)37(47)28-52-45/h10-15,25-29,53H,5-9,16-24H2,1-4H3,(H,52,54,60)(H,63,64,65). The van der Waals surface area contributed by atoms with Crippen molar-refractivity contribution in [3.63, 3.8) is 0 Å². The maximum atomic E-state index is 13.5. The van der Waals surface area contributed by atoms with Gasteiger partial charge in [-0.3, -0.25) is 9.35 Å². The van der Waals surface area contributed by atoms with E-state index in [0.29, 0.717) is 40.1 Å². The lowest BCUT2D eigenvalue weighted by molar-refractivity contribution is -0.116. The Bertz CT molecular complexity index is 3100. The lowest BCUT2D eigenvalue weighted by atomic mass is 9.81. The second-order valence-electron chi connectivity index (χ2n) is 15.8. The molecule has 0 fully saturated rings. The molecule has 0 radical (unpaired) electrons. The number of carbonyl (C=O) groups is 1. The molecular formula is C45H54BBr2F3N8O10S2. The van der Waals surface area contributed by atoms with Crippen LogP contribution in [0.3, 0.4) is 0 Å². The zero-order valence-corrected chi connectivity index (χ0v) is 44.1. The van der Waals surface area contributed by atoms with E-state index in [1.165, 1.54) is 16.8 Å². The molecule has 3 N–H and O–H groups in total. The number of hydrogen-bond donors (Lipinski definition) is 3. The first-order chi connectivity index (χ1) is 33.8. The van der Waals surface area contributed by atoms with E-state index < -0.39 is 43.4 Å². The molecule has 1 aliphatic heterocycles. The van der Waals surface area contributed by atoms with Crippen molar-refractivity contribution in [2.45, 2.75) is 56.9 Å². The molecule has 0 atom stereocenters. The van der Waals surface area contributed by atoms with Crippen LogP contribution in [-0.2, 0) is 52.1 Å². The summed E-state index contributed by atoms with van der Waals surface area (Å²) in [5, 5.41) is 11.9. The van der Waals surface area contributed by atoms with Crippen molar-refractivity contribution in [3.8, 4) is 22.5 Å². The molecule has 2 aromatic heterocycles. The van der Waals surface area contributed by atoms with E-state index in [1.54, 1.807) is 6.20 Å². The third kappa shape index (κ3) is 14.2. The number of ether oxygens (including phenoxy) is 3. The van der Waals surface area contributed by atoms with E-state index in [2.05, 4.69) is 66.7 Å². The molecule has 6 rings (SSSR count). The second kappa shape index (κ2) is 24.8. The summed E-state index contributed by atoms with van der Waals surface area (Å²) in [6.07, 6.45) is 2.72. The molecule has 1 amide bonds. The highest BCUT2D eigenvalue weighted by atomic mass is 79.9. The number of pyridine rings is 1. The average Bonchev–Trinajstić information content (AvgIpc) is 3.78. The number of amides is 1. The van der Waals surface area contributed by atoms with Crippen molar-refractivity contribution < 1.29 is 57.8 Å². The average molecular weight is 1160 g/mol. The third-order valence-electron chi connectivity index (χ3n) is 11.3. The molecule has 0 bridgehead atoms. The second-order valence-corrected chi connectivity index (χ2v) is 20.6. The van der Waals surface area contributed by atoms with E-state index in [0.717, 1.165) is 49.5 Å². The number of aromatic nitrogens is 4. The molecule has 0 spiro atoms. The van der Waals surface area contributed by atoms with Gasteiger partial charge in [-0.15, -0.1) is 5.10 Å². The van der Waals surface area contributed by atoms with E-state index in [1.807, 2.05) is 64.1 Å². The van der Waals surface area contributed by atoms with Gasteiger partial charge in [0.15, 0.2) is 0 Å². The fourth-order valence-electron chi connectivity index (χ4n) is 7.72. The van der Waals surface area contributed by atoms with Crippen molar-refractivity contribution in [1.29, 1.82) is 0 Å². The van der Waals surface area contributed by atoms with Gasteiger partial charge in [-0.2, -0.15) is 8.42 Å². The molecule has 3 heterocycles. The summed E-state index contributed by atoms with van der Waals surface area (Å²) < 4.78 is 133. The molecule has 0 saturated heterocycles. The lowest BCUT2D eigenvalue weighted by Crippen LogP contribution is -2.37. The molecule has 2 aliphatic rings. The van der Waals surface area contributed by atoms with Crippen molar-refractivity contribution in [1.82, 2.24) is 29.3 Å². The van der Waals surface area contributed by atoms with Gasteiger partial charge in [-0.25, -0.2) is 27.4 Å². The predicted octanol–water partition coefficient (Wildman–Crippen LogP) is 6.28. The minimum absolute atomic E-state index is 0.0209. The van der Waals surface area contributed by atoms with Crippen LogP contribution < -0.4 is 30.3 Å². The van der Waals surface area contributed by atoms with Gasteiger partial charge < -0.3 is 41.8 Å². The molecule has 0 saturated carbocycles. The minimum Gasteiger partial charge on any atom is -0.456 e. The Hall–Kier alpha value is -4.80. The van der Waals surface area contributed by atoms with Crippen molar-refractivity contribution in [2.24, 2.45) is 0 Å². The van der Waals surface area contributed by atoms with Crippen LogP contribution in [-0.4, -0.2) is 127 Å². The zero-order chi connectivity index (χ0) is 51.5. The Balaban J connectivity index is 0.963. The summed E-state index contributed by atoms with van der Waals surface area (Å²) in [5.41, 5.74) is 2.08. The molecule has 384 valence electrons. The van der Waals surface area contributed by atoms with Crippen LogP contribution in [0.15, 0.2) is 90.1 Å². The van der Waals surface area contributed by atoms with Crippen LogP contribution in [0.25, 0.3) is 33.4 Å². The Labute approximate surface area is 426 Å². The van der Waals surface area contributed by atoms with Crippen LogP contribution in [0, 0.1) is 0 Å². The summed E-state index contributed by atoms with van der Waals surface area (Å²) >= 11 is 5.74. The quantitative estimate of drug-likeness (QED) is 0.0179. The van der Waals surface area contributed by atoms with Crippen molar-refractivity contribution in [3.05, 3.63) is 87.0 Å². The fraction of sp³-hybridized carbons (Fsp3) is 0.400. The highest BCUT2D eigenvalue weighted by Crippen LogP contribution is 2.43. The normalized spacial score (nSPS) is 12.3. The van der Waals surface area contributed by atoms with Gasteiger partial charge in [0, 0.05) is 93.7 Å². The van der Waals surface area contributed by atoms with Gasteiger partial charge in [0.25, 0.3) is 10.1 Å². The molecule has 26 heteroatoms. The van der Waals surface area contributed by atoms with Crippen LogP contribution in [0.2, 0.25) is 0 Å². The number of nitrogens with zero attached hydrogens (tertiary/aromatic N) is 6. The van der Waals surface area contributed by atoms with Crippen LogP contribution >= 0.6 is 31.9 Å². The fourth-order valence-corrected chi connectivity index (χ4v) is 11.1. The van der Waals surface area contributed by atoms with Gasteiger partial charge >= 0.3 is 6.98 Å². The number of hydrogen-bond acceptors (Lipinski definition) is 13. The van der Waals surface area contributed by atoms with Gasteiger partial charge in [0.1, 0.15) is 35.1 Å². The maximum absolute atomic E-state index is 13.5. The lowest BCUT2D eigenvalue weighted by Gasteiger charge is -2.22. The highest BCUT2D eigenvalue weighted by Gasteiger charge is 2.32. The molecule has 18 nitrogen and oxygen atoms in total. The van der Waals surface area contributed by atoms with Crippen LogP contribution in [0.4, 0.5) is 24.5 Å². The van der Waals surface area contributed by atoms with Crippen molar-refractivity contribution in [2.75, 3.05) is 82.6 Å². The van der Waals surface area contributed by atoms with Gasteiger partial charge in [0.05, 0.1) is 62.8 Å². The first-order valence-corrected chi connectivity index (χ1v) is 27.2. The number of rotatable bonds is 26. The smallest absolute Gasteiger partial charge is 0.456 e. The Morgan fingerprint density at radius 2 is 1.56 bits per heavy atom. The zero-order valence-electron chi connectivity index (χ0n) is 39.3. The molecule has 1 aliphatic carbocycles. The van der Waals surface area contributed by atoms with E-state index in [9.17, 15) is 39.1 Å². The van der Waals surface area contributed by atoms with E-state index >= 15 is 0 Å². The number of carbonyl (C=O) groups excluding carboxylic acids is 1.